The first kappa shape index (κ1) is 23.4. The summed E-state index contributed by atoms with van der Waals surface area (Å²) in [6.45, 7) is 2.65. The van der Waals surface area contributed by atoms with Gasteiger partial charge in [-0.15, -0.1) is 11.3 Å². The number of aromatic nitrogens is 1. The highest BCUT2D eigenvalue weighted by Gasteiger charge is 2.29. The Morgan fingerprint density at radius 3 is 2.58 bits per heavy atom. The third-order valence-corrected chi connectivity index (χ3v) is 8.76. The maximum absolute atomic E-state index is 13.0. The molecule has 9 heteroatoms. The van der Waals surface area contributed by atoms with Crippen LogP contribution in [0.1, 0.15) is 41.2 Å². The van der Waals surface area contributed by atoms with E-state index < -0.39 is 10.0 Å². The maximum Gasteiger partial charge on any atom is 0.275 e. The highest BCUT2D eigenvalue weighted by molar-refractivity contribution is 7.89. The van der Waals surface area contributed by atoms with Gasteiger partial charge in [-0.1, -0.05) is 30.3 Å². The molecule has 4 rings (SSSR count). The zero-order chi connectivity index (χ0) is 23.4. The fourth-order valence-electron chi connectivity index (χ4n) is 3.95. The van der Waals surface area contributed by atoms with Crippen LogP contribution < -0.4 is 10.1 Å². The number of ether oxygens (including phenoxy) is 1. The average molecular weight is 486 g/mol. The second-order valence-corrected chi connectivity index (χ2v) is 11.0. The van der Waals surface area contributed by atoms with Crippen LogP contribution in [0.25, 0.3) is 11.1 Å². The minimum atomic E-state index is -3.16. The first-order valence-corrected chi connectivity index (χ1v) is 13.4. The first-order valence-electron chi connectivity index (χ1n) is 10.9. The van der Waals surface area contributed by atoms with Crippen LogP contribution in [0, 0.1) is 0 Å². The lowest BCUT2D eigenvalue weighted by Crippen LogP contribution is -2.38. The predicted molar refractivity (Wildman–Crippen MR) is 132 cm³/mol. The summed E-state index contributed by atoms with van der Waals surface area (Å²) in [5.74, 6) is 0.650. The molecule has 1 N–H and O–H groups in total. The van der Waals surface area contributed by atoms with Gasteiger partial charge in [-0.05, 0) is 37.5 Å². The molecule has 1 saturated heterocycles. The third-order valence-electron chi connectivity index (χ3n) is 5.88. The molecule has 33 heavy (non-hydrogen) atoms. The topological polar surface area (TPSA) is 88.6 Å². The van der Waals surface area contributed by atoms with Crippen molar-refractivity contribution in [2.24, 2.45) is 0 Å². The molecule has 1 fully saturated rings. The number of nitrogens with one attached hydrogen (secondary N) is 1. The van der Waals surface area contributed by atoms with E-state index in [0.717, 1.165) is 16.1 Å². The van der Waals surface area contributed by atoms with E-state index in [2.05, 4.69) is 10.3 Å². The Balaban J connectivity index is 1.49. The van der Waals surface area contributed by atoms with Crippen molar-refractivity contribution in [2.45, 2.75) is 25.7 Å². The standard InChI is InChI=1S/C24H27N3O4S2/c1-3-33(29,30)27-13-11-18(12-14-27)24-26-22(16-32-24)23(28)25-21-15-19(31-2)9-10-20(21)17-7-5-4-6-8-17/h4-10,15-16,18H,3,11-14H2,1-2H3,(H,25,28). The number of amides is 1. The Labute approximate surface area is 198 Å². The van der Waals surface area contributed by atoms with Gasteiger partial charge < -0.3 is 10.1 Å². The number of carbonyl (C=O) groups is 1. The molecule has 0 bridgehead atoms. The van der Waals surface area contributed by atoms with Crippen molar-refractivity contribution in [3.05, 3.63) is 64.6 Å². The van der Waals surface area contributed by atoms with E-state index in [4.69, 9.17) is 4.74 Å². The predicted octanol–water partition coefficient (Wildman–Crippen LogP) is 4.60. The molecular formula is C24H27N3O4S2. The van der Waals surface area contributed by atoms with Crippen molar-refractivity contribution in [3.8, 4) is 16.9 Å². The van der Waals surface area contributed by atoms with Crippen molar-refractivity contribution in [2.75, 3.05) is 31.3 Å². The zero-order valence-corrected chi connectivity index (χ0v) is 20.3. The molecule has 0 spiro atoms. The summed E-state index contributed by atoms with van der Waals surface area (Å²) in [4.78, 5) is 17.6. The number of hydrogen-bond acceptors (Lipinski definition) is 6. The molecule has 1 aromatic heterocycles. The molecule has 0 atom stereocenters. The van der Waals surface area contributed by atoms with Gasteiger partial charge in [0.1, 0.15) is 11.4 Å². The molecule has 2 aromatic carbocycles. The Morgan fingerprint density at radius 2 is 1.91 bits per heavy atom. The molecule has 1 amide bonds. The lowest BCUT2D eigenvalue weighted by atomic mass is 9.99. The van der Waals surface area contributed by atoms with Gasteiger partial charge in [0.15, 0.2) is 0 Å². The minimum Gasteiger partial charge on any atom is -0.497 e. The number of methoxy groups -OCH3 is 1. The summed E-state index contributed by atoms with van der Waals surface area (Å²) >= 11 is 1.45. The summed E-state index contributed by atoms with van der Waals surface area (Å²) in [5, 5.41) is 5.63. The van der Waals surface area contributed by atoms with E-state index in [1.807, 2.05) is 42.5 Å². The largest absolute Gasteiger partial charge is 0.497 e. The van der Waals surface area contributed by atoms with Crippen molar-refractivity contribution in [1.82, 2.24) is 9.29 Å². The Morgan fingerprint density at radius 1 is 1.18 bits per heavy atom. The Kier molecular flexibility index (Phi) is 7.11. The van der Waals surface area contributed by atoms with E-state index in [1.165, 1.54) is 11.3 Å². The Hall–Kier alpha value is -2.75. The van der Waals surface area contributed by atoms with Crippen molar-refractivity contribution < 1.29 is 17.9 Å². The van der Waals surface area contributed by atoms with Crippen LogP contribution in [0.15, 0.2) is 53.9 Å². The van der Waals surface area contributed by atoms with Gasteiger partial charge in [0, 0.05) is 36.0 Å². The lowest BCUT2D eigenvalue weighted by Gasteiger charge is -2.29. The highest BCUT2D eigenvalue weighted by atomic mass is 32.2. The summed E-state index contributed by atoms with van der Waals surface area (Å²) in [6, 6.07) is 15.4. The molecule has 1 aliphatic heterocycles. The average Bonchev–Trinajstić information content (AvgIpc) is 3.35. The number of thiazole rings is 1. The van der Waals surface area contributed by atoms with Gasteiger partial charge in [0.05, 0.1) is 23.6 Å². The van der Waals surface area contributed by atoms with E-state index in [-0.39, 0.29) is 17.6 Å². The van der Waals surface area contributed by atoms with E-state index in [0.29, 0.717) is 43.1 Å². The van der Waals surface area contributed by atoms with Crippen LogP contribution in [-0.2, 0) is 10.0 Å². The van der Waals surface area contributed by atoms with Crippen LogP contribution in [-0.4, -0.2) is 49.6 Å². The highest BCUT2D eigenvalue weighted by Crippen LogP contribution is 2.33. The number of carbonyl (C=O) groups excluding carboxylic acids is 1. The van der Waals surface area contributed by atoms with Crippen molar-refractivity contribution in [1.29, 1.82) is 0 Å². The summed E-state index contributed by atoms with van der Waals surface area (Å²) in [5.41, 5.74) is 2.89. The summed E-state index contributed by atoms with van der Waals surface area (Å²) < 4.78 is 31.1. The fraction of sp³-hybridized carbons (Fsp3) is 0.333. The van der Waals surface area contributed by atoms with Crippen LogP contribution in [0.3, 0.4) is 0 Å². The first-order chi connectivity index (χ1) is 15.9. The molecule has 0 radical (unpaired) electrons. The number of benzene rings is 2. The van der Waals surface area contributed by atoms with Crippen LogP contribution in [0.2, 0.25) is 0 Å². The summed E-state index contributed by atoms with van der Waals surface area (Å²) in [7, 11) is -1.57. The van der Waals surface area contributed by atoms with E-state index in [1.54, 1.807) is 29.8 Å². The van der Waals surface area contributed by atoms with Crippen LogP contribution in [0.5, 0.6) is 5.75 Å². The number of piperidine rings is 1. The molecule has 0 unspecified atom stereocenters. The van der Waals surface area contributed by atoms with Gasteiger partial charge in [0.25, 0.3) is 5.91 Å². The third kappa shape index (κ3) is 5.26. The number of rotatable bonds is 7. The maximum atomic E-state index is 13.0. The van der Waals surface area contributed by atoms with Gasteiger partial charge in [-0.25, -0.2) is 17.7 Å². The van der Waals surface area contributed by atoms with E-state index in [9.17, 15) is 13.2 Å². The minimum absolute atomic E-state index is 0.120. The smallest absolute Gasteiger partial charge is 0.275 e. The van der Waals surface area contributed by atoms with Crippen LogP contribution in [0.4, 0.5) is 5.69 Å². The molecular weight excluding hydrogens is 458 g/mol. The molecule has 174 valence electrons. The second kappa shape index (κ2) is 10.0. The molecule has 7 nitrogen and oxygen atoms in total. The lowest BCUT2D eigenvalue weighted by molar-refractivity contribution is 0.102. The number of anilines is 1. The number of hydrogen-bond donors (Lipinski definition) is 1. The molecule has 3 aromatic rings. The monoisotopic (exact) mass is 485 g/mol. The van der Waals surface area contributed by atoms with Crippen molar-refractivity contribution in [3.63, 3.8) is 0 Å². The second-order valence-electron chi connectivity index (χ2n) is 7.88. The number of sulfonamides is 1. The van der Waals surface area contributed by atoms with Gasteiger partial charge >= 0.3 is 0 Å². The summed E-state index contributed by atoms with van der Waals surface area (Å²) in [6.07, 6.45) is 1.42. The Bertz CT molecular complexity index is 1220. The van der Waals surface area contributed by atoms with E-state index >= 15 is 0 Å². The molecule has 0 saturated carbocycles. The zero-order valence-electron chi connectivity index (χ0n) is 18.7. The van der Waals surface area contributed by atoms with Gasteiger partial charge in [-0.2, -0.15) is 0 Å². The number of nitrogens with zero attached hydrogens (tertiary/aromatic N) is 2. The van der Waals surface area contributed by atoms with Crippen LogP contribution >= 0.6 is 11.3 Å². The fourth-order valence-corrected chi connectivity index (χ4v) is 6.06. The van der Waals surface area contributed by atoms with Gasteiger partial charge in [-0.3, -0.25) is 4.79 Å². The molecule has 1 aliphatic rings. The molecule has 2 heterocycles. The van der Waals surface area contributed by atoms with Gasteiger partial charge in [0.2, 0.25) is 10.0 Å². The quantitative estimate of drug-likeness (QED) is 0.528. The normalized spacial score (nSPS) is 15.3. The van der Waals surface area contributed by atoms with Crippen molar-refractivity contribution >= 4 is 33.0 Å². The SMILES string of the molecule is CCS(=O)(=O)N1CCC(c2nc(C(=O)Nc3cc(OC)ccc3-c3ccccc3)cs2)CC1. The molecule has 0 aliphatic carbocycles.